The third-order valence-electron chi connectivity index (χ3n) is 2.68. The SMILES string of the molecule is CC1(C(N)c2ccsn2)CCCO1. The predicted octanol–water partition coefficient (Wildman–Crippen LogP) is 1.71. The van der Waals surface area contributed by atoms with Crippen LogP contribution in [0.4, 0.5) is 0 Å². The number of nitrogens with two attached hydrogens (primary N) is 1. The van der Waals surface area contributed by atoms with Crippen LogP contribution in [0.25, 0.3) is 0 Å². The lowest BCUT2D eigenvalue weighted by atomic mass is 9.92. The number of rotatable bonds is 2. The van der Waals surface area contributed by atoms with E-state index in [1.54, 1.807) is 0 Å². The largest absolute Gasteiger partial charge is 0.373 e. The average Bonchev–Trinajstić information content (AvgIpc) is 2.73. The Labute approximate surface area is 82.1 Å². The van der Waals surface area contributed by atoms with Gasteiger partial charge in [-0.25, -0.2) is 0 Å². The standard InChI is InChI=1S/C9H14N2OS/c1-9(4-2-5-12-9)8(10)7-3-6-13-11-7/h3,6,8H,2,4-5,10H2,1H3. The summed E-state index contributed by atoms with van der Waals surface area (Å²) in [6.45, 7) is 2.90. The fourth-order valence-corrected chi connectivity index (χ4v) is 2.30. The molecule has 13 heavy (non-hydrogen) atoms. The zero-order chi connectivity index (χ0) is 9.31. The molecule has 0 amide bonds. The van der Waals surface area contributed by atoms with Crippen molar-refractivity contribution in [2.45, 2.75) is 31.4 Å². The second-order valence-corrected chi connectivity index (χ2v) is 4.33. The number of aromatic nitrogens is 1. The first-order valence-corrected chi connectivity index (χ1v) is 5.36. The molecule has 0 saturated carbocycles. The van der Waals surface area contributed by atoms with Crippen LogP contribution in [0.1, 0.15) is 31.5 Å². The molecule has 2 rings (SSSR count). The smallest absolute Gasteiger partial charge is 0.0862 e. The molecule has 0 aliphatic carbocycles. The molecule has 0 bridgehead atoms. The molecule has 2 unspecified atom stereocenters. The first-order chi connectivity index (χ1) is 6.22. The van der Waals surface area contributed by atoms with E-state index in [-0.39, 0.29) is 11.6 Å². The Morgan fingerprint density at radius 3 is 3.15 bits per heavy atom. The molecule has 1 aliphatic heterocycles. The normalized spacial score (nSPS) is 30.6. The fraction of sp³-hybridized carbons (Fsp3) is 0.667. The number of nitrogens with zero attached hydrogens (tertiary/aromatic N) is 1. The highest BCUT2D eigenvalue weighted by Gasteiger charge is 2.37. The molecule has 0 spiro atoms. The minimum Gasteiger partial charge on any atom is -0.373 e. The molecule has 2 atom stereocenters. The first-order valence-electron chi connectivity index (χ1n) is 4.52. The van der Waals surface area contributed by atoms with Crippen molar-refractivity contribution in [3.05, 3.63) is 17.1 Å². The molecule has 1 fully saturated rings. The van der Waals surface area contributed by atoms with Crippen molar-refractivity contribution in [2.75, 3.05) is 6.61 Å². The summed E-state index contributed by atoms with van der Waals surface area (Å²) < 4.78 is 9.91. The molecule has 0 radical (unpaired) electrons. The quantitative estimate of drug-likeness (QED) is 0.787. The van der Waals surface area contributed by atoms with Crippen LogP contribution in [0.3, 0.4) is 0 Å². The van der Waals surface area contributed by atoms with Gasteiger partial charge in [0.1, 0.15) is 0 Å². The molecule has 2 N–H and O–H groups in total. The van der Waals surface area contributed by atoms with Crippen molar-refractivity contribution in [1.29, 1.82) is 0 Å². The van der Waals surface area contributed by atoms with Crippen molar-refractivity contribution in [3.8, 4) is 0 Å². The van der Waals surface area contributed by atoms with Gasteiger partial charge in [0.25, 0.3) is 0 Å². The molecule has 72 valence electrons. The topological polar surface area (TPSA) is 48.1 Å². The van der Waals surface area contributed by atoms with Gasteiger partial charge in [0.15, 0.2) is 0 Å². The highest BCUT2D eigenvalue weighted by atomic mass is 32.1. The zero-order valence-electron chi connectivity index (χ0n) is 7.69. The van der Waals surface area contributed by atoms with E-state index in [0.29, 0.717) is 0 Å². The summed E-state index contributed by atoms with van der Waals surface area (Å²) in [5.74, 6) is 0. The summed E-state index contributed by atoms with van der Waals surface area (Å²) in [6, 6.07) is 1.89. The van der Waals surface area contributed by atoms with E-state index in [9.17, 15) is 0 Å². The molecular formula is C9H14N2OS. The molecule has 1 saturated heterocycles. The lowest BCUT2D eigenvalue weighted by Crippen LogP contribution is -2.37. The third kappa shape index (κ3) is 1.61. The van der Waals surface area contributed by atoms with Crippen molar-refractivity contribution in [1.82, 2.24) is 4.37 Å². The van der Waals surface area contributed by atoms with Gasteiger partial charge >= 0.3 is 0 Å². The maximum atomic E-state index is 6.10. The molecule has 1 aromatic heterocycles. The molecular weight excluding hydrogens is 184 g/mol. The maximum Gasteiger partial charge on any atom is 0.0862 e. The van der Waals surface area contributed by atoms with Crippen molar-refractivity contribution in [3.63, 3.8) is 0 Å². The van der Waals surface area contributed by atoms with Crippen LogP contribution >= 0.6 is 11.5 Å². The van der Waals surface area contributed by atoms with Gasteiger partial charge in [-0.05, 0) is 37.4 Å². The summed E-state index contributed by atoms with van der Waals surface area (Å²) in [4.78, 5) is 0. The second kappa shape index (κ2) is 3.36. The van der Waals surface area contributed by atoms with Gasteiger partial charge < -0.3 is 10.5 Å². The van der Waals surface area contributed by atoms with Gasteiger partial charge in [0, 0.05) is 12.0 Å². The summed E-state index contributed by atoms with van der Waals surface area (Å²) in [6.07, 6.45) is 2.14. The lowest BCUT2D eigenvalue weighted by Gasteiger charge is -2.28. The summed E-state index contributed by atoms with van der Waals surface area (Å²) >= 11 is 1.44. The Morgan fingerprint density at radius 1 is 1.77 bits per heavy atom. The van der Waals surface area contributed by atoms with Crippen LogP contribution in [-0.2, 0) is 4.74 Å². The fourth-order valence-electron chi connectivity index (χ4n) is 1.74. The predicted molar refractivity (Wildman–Crippen MR) is 52.6 cm³/mol. The van der Waals surface area contributed by atoms with Crippen molar-refractivity contribution < 1.29 is 4.74 Å². The number of ether oxygens (including phenoxy) is 1. The minimum atomic E-state index is -0.200. The molecule has 1 aromatic rings. The van der Waals surface area contributed by atoms with E-state index in [1.165, 1.54) is 11.5 Å². The highest BCUT2D eigenvalue weighted by molar-refractivity contribution is 7.03. The van der Waals surface area contributed by atoms with Crippen LogP contribution in [0, 0.1) is 0 Å². The maximum absolute atomic E-state index is 6.10. The van der Waals surface area contributed by atoms with Crippen molar-refractivity contribution in [2.24, 2.45) is 5.73 Å². The minimum absolute atomic E-state index is 0.0822. The summed E-state index contributed by atoms with van der Waals surface area (Å²) in [7, 11) is 0. The van der Waals surface area contributed by atoms with E-state index in [0.717, 1.165) is 25.1 Å². The van der Waals surface area contributed by atoms with Gasteiger partial charge in [-0.1, -0.05) is 0 Å². The van der Waals surface area contributed by atoms with Gasteiger partial charge in [-0.3, -0.25) is 0 Å². The molecule has 0 aromatic carbocycles. The summed E-state index contributed by atoms with van der Waals surface area (Å²) in [5.41, 5.74) is 6.85. The Hall–Kier alpha value is -0.450. The Balaban J connectivity index is 2.16. The molecule has 2 heterocycles. The van der Waals surface area contributed by atoms with E-state index < -0.39 is 0 Å². The van der Waals surface area contributed by atoms with E-state index in [1.807, 2.05) is 11.4 Å². The molecule has 4 heteroatoms. The number of hydrogen-bond donors (Lipinski definition) is 1. The molecule has 1 aliphatic rings. The first kappa shape index (κ1) is 9.12. The van der Waals surface area contributed by atoms with Crippen molar-refractivity contribution >= 4 is 11.5 Å². The summed E-state index contributed by atoms with van der Waals surface area (Å²) in [5, 5.41) is 1.95. The van der Waals surface area contributed by atoms with Crippen LogP contribution in [0.2, 0.25) is 0 Å². The lowest BCUT2D eigenvalue weighted by molar-refractivity contribution is -0.00252. The van der Waals surface area contributed by atoms with E-state index in [2.05, 4.69) is 11.3 Å². The second-order valence-electron chi connectivity index (χ2n) is 3.67. The number of hydrogen-bond acceptors (Lipinski definition) is 4. The van der Waals surface area contributed by atoms with Gasteiger partial charge in [-0.2, -0.15) is 4.37 Å². The van der Waals surface area contributed by atoms with Crippen LogP contribution in [0.5, 0.6) is 0 Å². The highest BCUT2D eigenvalue weighted by Crippen LogP contribution is 2.35. The van der Waals surface area contributed by atoms with Gasteiger partial charge in [0.2, 0.25) is 0 Å². The monoisotopic (exact) mass is 198 g/mol. The van der Waals surface area contributed by atoms with Crippen LogP contribution in [0.15, 0.2) is 11.4 Å². The Kier molecular flexibility index (Phi) is 2.36. The molecule has 3 nitrogen and oxygen atoms in total. The zero-order valence-corrected chi connectivity index (χ0v) is 8.51. The third-order valence-corrected chi connectivity index (χ3v) is 3.26. The van der Waals surface area contributed by atoms with Crippen LogP contribution in [-0.4, -0.2) is 16.6 Å². The van der Waals surface area contributed by atoms with Gasteiger partial charge in [-0.15, -0.1) is 0 Å². The van der Waals surface area contributed by atoms with Crippen LogP contribution < -0.4 is 5.73 Å². The Bertz CT molecular complexity index is 267. The van der Waals surface area contributed by atoms with E-state index in [4.69, 9.17) is 10.5 Å². The average molecular weight is 198 g/mol. The van der Waals surface area contributed by atoms with Gasteiger partial charge in [0.05, 0.1) is 17.3 Å². The van der Waals surface area contributed by atoms with E-state index >= 15 is 0 Å². The Morgan fingerprint density at radius 2 is 2.62 bits per heavy atom.